The molecular weight excluding hydrogens is 244 g/mol. The Kier molecular flexibility index (Phi) is 4.10. The van der Waals surface area contributed by atoms with E-state index in [0.717, 1.165) is 36.8 Å². The molecule has 1 aliphatic rings. The number of hydrogen-bond acceptors (Lipinski definition) is 3. The van der Waals surface area contributed by atoms with Gasteiger partial charge in [-0.2, -0.15) is 0 Å². The molecule has 0 amide bonds. The van der Waals surface area contributed by atoms with Crippen LogP contribution in [0.15, 0.2) is 12.1 Å². The summed E-state index contributed by atoms with van der Waals surface area (Å²) in [6.07, 6.45) is 3.12. The van der Waals surface area contributed by atoms with Crippen LogP contribution in [0.5, 0.6) is 5.75 Å². The Morgan fingerprint density at radius 1 is 1.21 bits per heavy atom. The van der Waals surface area contributed by atoms with E-state index in [1.165, 1.54) is 0 Å². The summed E-state index contributed by atoms with van der Waals surface area (Å²) in [6, 6.07) is 3.22. The zero-order chi connectivity index (χ0) is 14.0. The Labute approximate surface area is 113 Å². The molecule has 4 heteroatoms. The maximum atomic E-state index is 11.0. The third-order valence-electron chi connectivity index (χ3n) is 3.64. The highest BCUT2D eigenvalue weighted by molar-refractivity contribution is 5.88. The number of aliphatic hydroxyl groups excluding tert-OH is 1. The molecule has 19 heavy (non-hydrogen) atoms. The SMILES string of the molecule is Cc1cc(C(=O)O)cc(C)c1OC1CCCCC1O. The predicted octanol–water partition coefficient (Wildman–Crippen LogP) is 2.68. The van der Waals surface area contributed by atoms with Crippen molar-refractivity contribution in [1.82, 2.24) is 0 Å². The van der Waals surface area contributed by atoms with Gasteiger partial charge in [0.1, 0.15) is 11.9 Å². The molecule has 2 atom stereocenters. The number of ether oxygens (including phenoxy) is 1. The van der Waals surface area contributed by atoms with Crippen LogP contribution in [-0.4, -0.2) is 28.4 Å². The predicted molar refractivity (Wildman–Crippen MR) is 71.8 cm³/mol. The van der Waals surface area contributed by atoms with E-state index in [9.17, 15) is 9.90 Å². The molecule has 1 saturated carbocycles. The van der Waals surface area contributed by atoms with E-state index < -0.39 is 12.1 Å². The Hall–Kier alpha value is -1.55. The van der Waals surface area contributed by atoms with Crippen LogP contribution in [-0.2, 0) is 0 Å². The number of aliphatic hydroxyl groups is 1. The maximum absolute atomic E-state index is 11.0. The smallest absolute Gasteiger partial charge is 0.335 e. The number of benzene rings is 1. The molecule has 0 heterocycles. The third-order valence-corrected chi connectivity index (χ3v) is 3.64. The minimum atomic E-state index is -0.935. The molecule has 0 spiro atoms. The lowest BCUT2D eigenvalue weighted by atomic mass is 9.94. The number of carbonyl (C=O) groups is 1. The first-order valence-electron chi connectivity index (χ1n) is 6.68. The average Bonchev–Trinajstić information content (AvgIpc) is 2.35. The first kappa shape index (κ1) is 13.9. The fourth-order valence-electron chi connectivity index (χ4n) is 2.63. The van der Waals surface area contributed by atoms with Gasteiger partial charge in [-0.05, 0) is 56.4 Å². The molecule has 2 unspecified atom stereocenters. The zero-order valence-corrected chi connectivity index (χ0v) is 11.3. The van der Waals surface area contributed by atoms with E-state index in [0.29, 0.717) is 5.75 Å². The summed E-state index contributed by atoms with van der Waals surface area (Å²) in [5.74, 6) is -0.230. The lowest BCUT2D eigenvalue weighted by Crippen LogP contribution is -2.35. The molecule has 1 aliphatic carbocycles. The molecule has 0 radical (unpaired) electrons. The van der Waals surface area contributed by atoms with Crippen molar-refractivity contribution in [1.29, 1.82) is 0 Å². The summed E-state index contributed by atoms with van der Waals surface area (Å²) in [6.45, 7) is 3.67. The molecule has 1 aromatic carbocycles. The molecular formula is C15H20O4. The van der Waals surface area contributed by atoms with E-state index in [1.54, 1.807) is 12.1 Å². The Balaban J connectivity index is 2.22. The second-order valence-corrected chi connectivity index (χ2v) is 5.25. The highest BCUT2D eigenvalue weighted by Crippen LogP contribution is 2.30. The van der Waals surface area contributed by atoms with Gasteiger partial charge in [-0.3, -0.25) is 0 Å². The molecule has 0 bridgehead atoms. The zero-order valence-electron chi connectivity index (χ0n) is 11.3. The van der Waals surface area contributed by atoms with Gasteiger partial charge in [0.25, 0.3) is 0 Å². The van der Waals surface area contributed by atoms with Crippen molar-refractivity contribution < 1.29 is 19.7 Å². The van der Waals surface area contributed by atoms with E-state index >= 15 is 0 Å². The lowest BCUT2D eigenvalue weighted by molar-refractivity contribution is 0.00618. The van der Waals surface area contributed by atoms with Crippen LogP contribution in [0, 0.1) is 13.8 Å². The minimum absolute atomic E-state index is 0.179. The summed E-state index contributed by atoms with van der Waals surface area (Å²) in [5.41, 5.74) is 1.87. The van der Waals surface area contributed by atoms with Crippen molar-refractivity contribution in [2.24, 2.45) is 0 Å². The van der Waals surface area contributed by atoms with Gasteiger partial charge in [-0.15, -0.1) is 0 Å². The molecule has 0 saturated heterocycles. The molecule has 2 N–H and O–H groups in total. The summed E-state index contributed by atoms with van der Waals surface area (Å²) < 4.78 is 5.92. The van der Waals surface area contributed by atoms with E-state index in [4.69, 9.17) is 9.84 Å². The highest BCUT2D eigenvalue weighted by Gasteiger charge is 2.25. The van der Waals surface area contributed by atoms with Crippen molar-refractivity contribution >= 4 is 5.97 Å². The summed E-state index contributed by atoms with van der Waals surface area (Å²) >= 11 is 0. The van der Waals surface area contributed by atoms with Gasteiger partial charge in [-0.25, -0.2) is 4.79 Å². The van der Waals surface area contributed by atoms with Crippen LogP contribution in [0.4, 0.5) is 0 Å². The van der Waals surface area contributed by atoms with Crippen LogP contribution in [0.1, 0.15) is 47.2 Å². The summed E-state index contributed by atoms with van der Waals surface area (Å²) in [5, 5.41) is 18.9. The standard InChI is InChI=1S/C15H20O4/c1-9-7-11(15(17)18)8-10(2)14(9)19-13-6-4-3-5-12(13)16/h7-8,12-13,16H,3-6H2,1-2H3,(H,17,18). The maximum Gasteiger partial charge on any atom is 0.335 e. The monoisotopic (exact) mass is 264 g/mol. The number of hydrogen-bond donors (Lipinski definition) is 2. The van der Waals surface area contributed by atoms with Crippen molar-refractivity contribution in [3.05, 3.63) is 28.8 Å². The van der Waals surface area contributed by atoms with Crippen molar-refractivity contribution in [2.75, 3.05) is 0 Å². The van der Waals surface area contributed by atoms with Crippen molar-refractivity contribution in [2.45, 2.75) is 51.7 Å². The van der Waals surface area contributed by atoms with Crippen LogP contribution in [0.2, 0.25) is 0 Å². The largest absolute Gasteiger partial charge is 0.487 e. The van der Waals surface area contributed by atoms with Crippen LogP contribution in [0.3, 0.4) is 0 Å². The molecule has 1 aromatic rings. The summed E-state index contributed by atoms with van der Waals surface area (Å²) in [7, 11) is 0. The van der Waals surface area contributed by atoms with Gasteiger partial charge < -0.3 is 14.9 Å². The Morgan fingerprint density at radius 2 is 1.79 bits per heavy atom. The van der Waals surface area contributed by atoms with Gasteiger partial charge >= 0.3 is 5.97 Å². The number of aromatic carboxylic acids is 1. The second kappa shape index (κ2) is 5.61. The Morgan fingerprint density at radius 3 is 2.32 bits per heavy atom. The number of aryl methyl sites for hydroxylation is 2. The fraction of sp³-hybridized carbons (Fsp3) is 0.533. The molecule has 104 valence electrons. The molecule has 4 nitrogen and oxygen atoms in total. The van der Waals surface area contributed by atoms with Gasteiger partial charge in [0, 0.05) is 0 Å². The van der Waals surface area contributed by atoms with E-state index in [1.807, 2.05) is 13.8 Å². The van der Waals surface area contributed by atoms with Crippen molar-refractivity contribution in [3.8, 4) is 5.75 Å². The highest BCUT2D eigenvalue weighted by atomic mass is 16.5. The van der Waals surface area contributed by atoms with Crippen LogP contribution in [0.25, 0.3) is 0 Å². The molecule has 1 fully saturated rings. The molecule has 0 aliphatic heterocycles. The van der Waals surface area contributed by atoms with E-state index in [-0.39, 0.29) is 11.7 Å². The number of rotatable bonds is 3. The second-order valence-electron chi connectivity index (χ2n) is 5.25. The van der Waals surface area contributed by atoms with Gasteiger partial charge in [-0.1, -0.05) is 6.42 Å². The topological polar surface area (TPSA) is 66.8 Å². The number of carboxylic acids is 1. The lowest BCUT2D eigenvalue weighted by Gasteiger charge is -2.29. The normalized spacial score (nSPS) is 23.1. The first-order valence-corrected chi connectivity index (χ1v) is 6.68. The summed E-state index contributed by atoms with van der Waals surface area (Å²) in [4.78, 5) is 11.0. The minimum Gasteiger partial charge on any atom is -0.487 e. The molecule has 2 rings (SSSR count). The van der Waals surface area contributed by atoms with Gasteiger partial charge in [0.05, 0.1) is 11.7 Å². The van der Waals surface area contributed by atoms with Gasteiger partial charge in [0.2, 0.25) is 0 Å². The van der Waals surface area contributed by atoms with E-state index in [2.05, 4.69) is 0 Å². The van der Waals surface area contributed by atoms with Crippen LogP contribution < -0.4 is 4.74 Å². The number of carboxylic acid groups (broad SMARTS) is 1. The van der Waals surface area contributed by atoms with Crippen LogP contribution >= 0.6 is 0 Å². The first-order chi connectivity index (χ1) is 8.99. The van der Waals surface area contributed by atoms with Crippen molar-refractivity contribution in [3.63, 3.8) is 0 Å². The quantitative estimate of drug-likeness (QED) is 0.880. The Bertz CT molecular complexity index is 458. The fourth-order valence-corrected chi connectivity index (χ4v) is 2.63. The van der Waals surface area contributed by atoms with Gasteiger partial charge in [0.15, 0.2) is 0 Å². The average molecular weight is 264 g/mol. The third kappa shape index (κ3) is 3.07. The molecule has 0 aromatic heterocycles.